The molecule has 2 aromatic rings. The van der Waals surface area contributed by atoms with E-state index < -0.39 is 12.1 Å². The number of rotatable bonds is 15. The first-order valence-electron chi connectivity index (χ1n) is 12.2. The van der Waals surface area contributed by atoms with E-state index in [0.717, 1.165) is 43.4 Å². The molecular weight excluding hydrogens is 414 g/mol. The van der Waals surface area contributed by atoms with E-state index in [1.54, 1.807) is 18.2 Å². The van der Waals surface area contributed by atoms with Crippen LogP contribution in [0.2, 0.25) is 0 Å². The monoisotopic (exact) mass is 451 g/mol. The summed E-state index contributed by atoms with van der Waals surface area (Å²) in [7, 11) is 0. The van der Waals surface area contributed by atoms with Crippen molar-refractivity contribution in [3.63, 3.8) is 0 Å². The van der Waals surface area contributed by atoms with Crippen LogP contribution in [0.1, 0.15) is 99.7 Å². The smallest absolute Gasteiger partial charge is 0.340 e. The summed E-state index contributed by atoms with van der Waals surface area (Å²) >= 11 is 0. The molecule has 0 bridgehead atoms. The first-order valence-corrected chi connectivity index (χ1v) is 12.2. The minimum Gasteiger partial charge on any atom is -0.494 e. The van der Waals surface area contributed by atoms with Gasteiger partial charge in [0.2, 0.25) is 0 Å². The van der Waals surface area contributed by atoms with Crippen molar-refractivity contribution in [2.24, 2.45) is 0 Å². The minimum absolute atomic E-state index is 0.255. The second kappa shape index (κ2) is 14.9. The van der Waals surface area contributed by atoms with Gasteiger partial charge in [0, 0.05) is 0 Å². The molecule has 2 aromatic carbocycles. The van der Waals surface area contributed by atoms with Gasteiger partial charge in [-0.2, -0.15) is 5.26 Å². The molecule has 5 nitrogen and oxygen atoms in total. The van der Waals surface area contributed by atoms with Crippen LogP contribution in [0.25, 0.3) is 0 Å². The van der Waals surface area contributed by atoms with Crippen molar-refractivity contribution in [1.29, 1.82) is 5.26 Å². The molecule has 1 unspecified atom stereocenters. The standard InChI is InChI=1S/C28H37NO4/c1-4-7-9-11-19-32-25-16-17-26(23(20-25)21-29)28(30)33-27(6-3)22-12-14-24(15-13-22)31-18-10-8-5-2/h12-17,20,27H,4-11,18-19H2,1-3H3. The maximum Gasteiger partial charge on any atom is 0.340 e. The van der Waals surface area contributed by atoms with Crippen molar-refractivity contribution in [3.05, 3.63) is 59.2 Å². The van der Waals surface area contributed by atoms with Crippen LogP contribution in [0.5, 0.6) is 11.5 Å². The summed E-state index contributed by atoms with van der Waals surface area (Å²) in [6.45, 7) is 7.60. The lowest BCUT2D eigenvalue weighted by Crippen LogP contribution is -2.13. The Bertz CT molecular complexity index is 886. The molecular formula is C28H37NO4. The second-order valence-electron chi connectivity index (χ2n) is 8.16. The van der Waals surface area contributed by atoms with E-state index in [0.29, 0.717) is 25.4 Å². The number of nitriles is 1. The molecule has 5 heteroatoms. The van der Waals surface area contributed by atoms with Crippen molar-refractivity contribution in [2.75, 3.05) is 13.2 Å². The number of hydrogen-bond acceptors (Lipinski definition) is 5. The molecule has 0 amide bonds. The predicted octanol–water partition coefficient (Wildman–Crippen LogP) is 7.39. The molecule has 0 aliphatic carbocycles. The van der Waals surface area contributed by atoms with E-state index in [-0.39, 0.29) is 11.1 Å². The zero-order chi connectivity index (χ0) is 23.9. The highest BCUT2D eigenvalue weighted by Crippen LogP contribution is 2.26. The van der Waals surface area contributed by atoms with Crippen LogP contribution in [0.4, 0.5) is 0 Å². The van der Waals surface area contributed by atoms with Gasteiger partial charge in [0.25, 0.3) is 0 Å². The lowest BCUT2D eigenvalue weighted by Gasteiger charge is -2.18. The topological polar surface area (TPSA) is 68.6 Å². The Hall–Kier alpha value is -3.00. The molecule has 0 heterocycles. The highest BCUT2D eigenvalue weighted by molar-refractivity contribution is 5.92. The van der Waals surface area contributed by atoms with Crippen molar-refractivity contribution >= 4 is 5.97 Å². The van der Waals surface area contributed by atoms with E-state index in [1.807, 2.05) is 31.2 Å². The van der Waals surface area contributed by atoms with Gasteiger partial charge in [0.15, 0.2) is 0 Å². The number of ether oxygens (including phenoxy) is 3. The number of carbonyl (C=O) groups excluding carboxylic acids is 1. The zero-order valence-electron chi connectivity index (χ0n) is 20.3. The van der Waals surface area contributed by atoms with Crippen LogP contribution < -0.4 is 9.47 Å². The van der Waals surface area contributed by atoms with Gasteiger partial charge in [0.1, 0.15) is 23.7 Å². The molecule has 0 radical (unpaired) electrons. The number of hydrogen-bond donors (Lipinski definition) is 0. The summed E-state index contributed by atoms with van der Waals surface area (Å²) in [5, 5.41) is 9.55. The molecule has 0 saturated heterocycles. The van der Waals surface area contributed by atoms with Gasteiger partial charge in [-0.25, -0.2) is 4.79 Å². The van der Waals surface area contributed by atoms with Gasteiger partial charge >= 0.3 is 5.97 Å². The van der Waals surface area contributed by atoms with Crippen LogP contribution in [0.15, 0.2) is 42.5 Å². The molecule has 0 aliphatic rings. The second-order valence-corrected chi connectivity index (χ2v) is 8.16. The fourth-order valence-corrected chi connectivity index (χ4v) is 3.50. The number of benzene rings is 2. The molecule has 33 heavy (non-hydrogen) atoms. The van der Waals surface area contributed by atoms with E-state index >= 15 is 0 Å². The molecule has 0 N–H and O–H groups in total. The molecule has 1 atom stereocenters. The lowest BCUT2D eigenvalue weighted by atomic mass is 10.1. The summed E-state index contributed by atoms with van der Waals surface area (Å²) in [6.07, 6.45) is 8.04. The highest BCUT2D eigenvalue weighted by Gasteiger charge is 2.20. The highest BCUT2D eigenvalue weighted by atomic mass is 16.5. The Morgan fingerprint density at radius 1 is 0.848 bits per heavy atom. The Balaban J connectivity index is 1.98. The third-order valence-electron chi connectivity index (χ3n) is 5.49. The largest absolute Gasteiger partial charge is 0.494 e. The van der Waals surface area contributed by atoms with Gasteiger partial charge < -0.3 is 14.2 Å². The third kappa shape index (κ3) is 8.81. The van der Waals surface area contributed by atoms with Crippen LogP contribution >= 0.6 is 0 Å². The summed E-state index contributed by atoms with van der Waals surface area (Å²) in [5.74, 6) is 0.905. The van der Waals surface area contributed by atoms with Crippen molar-refractivity contribution < 1.29 is 19.0 Å². The van der Waals surface area contributed by atoms with E-state index in [2.05, 4.69) is 19.9 Å². The molecule has 2 rings (SSSR count). The van der Waals surface area contributed by atoms with Crippen LogP contribution in [0.3, 0.4) is 0 Å². The van der Waals surface area contributed by atoms with Crippen molar-refractivity contribution in [1.82, 2.24) is 0 Å². The normalized spacial score (nSPS) is 11.5. The Labute approximate surface area is 198 Å². The molecule has 178 valence electrons. The predicted molar refractivity (Wildman–Crippen MR) is 131 cm³/mol. The van der Waals surface area contributed by atoms with Gasteiger partial charge in [0.05, 0.1) is 24.3 Å². The summed E-state index contributed by atoms with van der Waals surface area (Å²) < 4.78 is 17.3. The van der Waals surface area contributed by atoms with E-state index in [9.17, 15) is 10.1 Å². The van der Waals surface area contributed by atoms with E-state index in [4.69, 9.17) is 14.2 Å². The van der Waals surface area contributed by atoms with Crippen LogP contribution in [-0.2, 0) is 4.74 Å². The zero-order valence-corrected chi connectivity index (χ0v) is 20.3. The Kier molecular flexibility index (Phi) is 11.9. The average Bonchev–Trinajstić information content (AvgIpc) is 2.85. The van der Waals surface area contributed by atoms with Gasteiger partial charge in [-0.15, -0.1) is 0 Å². The van der Waals surface area contributed by atoms with Gasteiger partial charge in [-0.3, -0.25) is 0 Å². The number of carbonyl (C=O) groups is 1. The molecule has 0 saturated carbocycles. The first kappa shape index (κ1) is 26.3. The maximum atomic E-state index is 12.8. The minimum atomic E-state index is -0.507. The van der Waals surface area contributed by atoms with Crippen molar-refractivity contribution in [3.8, 4) is 17.6 Å². The fourth-order valence-electron chi connectivity index (χ4n) is 3.50. The van der Waals surface area contributed by atoms with Gasteiger partial charge in [-0.1, -0.05) is 65.0 Å². The Morgan fingerprint density at radius 3 is 2.09 bits per heavy atom. The summed E-state index contributed by atoms with van der Waals surface area (Å²) in [4.78, 5) is 12.8. The third-order valence-corrected chi connectivity index (χ3v) is 5.49. The molecule has 0 spiro atoms. The summed E-state index contributed by atoms with van der Waals surface area (Å²) in [5.41, 5.74) is 1.42. The lowest BCUT2D eigenvalue weighted by molar-refractivity contribution is 0.0287. The number of unbranched alkanes of at least 4 members (excludes halogenated alkanes) is 5. The maximum absolute atomic E-state index is 12.8. The fraction of sp³-hybridized carbons (Fsp3) is 0.500. The number of esters is 1. The van der Waals surface area contributed by atoms with Crippen LogP contribution in [-0.4, -0.2) is 19.2 Å². The average molecular weight is 452 g/mol. The quantitative estimate of drug-likeness (QED) is 0.208. The SMILES string of the molecule is CCCCCCOc1ccc(C(=O)OC(CC)c2ccc(OCCCCC)cc2)c(C#N)c1. The summed E-state index contributed by atoms with van der Waals surface area (Å²) in [6, 6.07) is 14.7. The van der Waals surface area contributed by atoms with Crippen LogP contribution in [0, 0.1) is 11.3 Å². The van der Waals surface area contributed by atoms with E-state index in [1.165, 1.54) is 12.8 Å². The first-order chi connectivity index (χ1) is 16.1. The molecule has 0 aliphatic heterocycles. The van der Waals surface area contributed by atoms with Gasteiger partial charge in [-0.05, 0) is 55.2 Å². The Morgan fingerprint density at radius 2 is 1.45 bits per heavy atom. The molecule has 0 fully saturated rings. The molecule has 0 aromatic heterocycles. The van der Waals surface area contributed by atoms with Crippen molar-refractivity contribution in [2.45, 2.75) is 78.2 Å². The number of nitrogens with zero attached hydrogens (tertiary/aromatic N) is 1.